The van der Waals surface area contributed by atoms with Crippen LogP contribution in [-0.4, -0.2) is 19.4 Å². The number of benzene rings is 1. The predicted molar refractivity (Wildman–Crippen MR) is 47.8 cm³/mol. The zero-order valence-electron chi connectivity index (χ0n) is 7.86. The summed E-state index contributed by atoms with van der Waals surface area (Å²) < 4.78 is 10.6. The van der Waals surface area contributed by atoms with Crippen LogP contribution in [0.1, 0.15) is 11.7 Å². The number of rotatable bonds is 1. The molecule has 1 aliphatic rings. The third kappa shape index (κ3) is 2.45. The maximum Gasteiger partial charge on any atom is 0.148 e. The highest BCUT2D eigenvalue weighted by Crippen LogP contribution is 2.22. The van der Waals surface area contributed by atoms with Gasteiger partial charge in [0.25, 0.3) is 0 Å². The molecule has 3 nitrogen and oxygen atoms in total. The van der Waals surface area contributed by atoms with Gasteiger partial charge in [0.15, 0.2) is 0 Å². The molecule has 1 aliphatic heterocycles. The molecular formula is C10H14ClNO2. The molecule has 2 atom stereocenters. The van der Waals surface area contributed by atoms with Crippen LogP contribution in [0.25, 0.3) is 0 Å². The van der Waals surface area contributed by atoms with Crippen molar-refractivity contribution in [2.75, 3.05) is 13.4 Å². The fourth-order valence-corrected chi connectivity index (χ4v) is 1.56. The van der Waals surface area contributed by atoms with E-state index in [1.807, 2.05) is 18.2 Å². The van der Waals surface area contributed by atoms with Crippen LogP contribution in [0.15, 0.2) is 30.3 Å². The number of halogens is 1. The van der Waals surface area contributed by atoms with Gasteiger partial charge in [0.2, 0.25) is 0 Å². The van der Waals surface area contributed by atoms with Gasteiger partial charge in [-0.25, -0.2) is 0 Å². The average molecular weight is 216 g/mol. The monoisotopic (exact) mass is 215 g/mol. The van der Waals surface area contributed by atoms with Crippen LogP contribution in [-0.2, 0) is 9.47 Å². The lowest BCUT2D eigenvalue weighted by atomic mass is 10.0. The molecule has 0 spiro atoms. The normalized spacial score (nSPS) is 26.6. The van der Waals surface area contributed by atoms with E-state index in [-0.39, 0.29) is 24.6 Å². The molecule has 78 valence electrons. The van der Waals surface area contributed by atoms with E-state index in [0.717, 1.165) is 0 Å². The Labute approximate surface area is 89.6 Å². The van der Waals surface area contributed by atoms with Crippen molar-refractivity contribution in [1.82, 2.24) is 0 Å². The zero-order chi connectivity index (χ0) is 9.10. The molecule has 0 aromatic heterocycles. The first-order valence-electron chi connectivity index (χ1n) is 4.45. The second-order valence-electron chi connectivity index (χ2n) is 3.25. The second kappa shape index (κ2) is 5.32. The quantitative estimate of drug-likeness (QED) is 0.556. The first-order valence-corrected chi connectivity index (χ1v) is 4.45. The van der Waals surface area contributed by atoms with E-state index >= 15 is 0 Å². The Morgan fingerprint density at radius 2 is 1.93 bits per heavy atom. The van der Waals surface area contributed by atoms with E-state index in [2.05, 4.69) is 17.9 Å². The van der Waals surface area contributed by atoms with E-state index in [0.29, 0.717) is 13.4 Å². The highest BCUT2D eigenvalue weighted by molar-refractivity contribution is 5.18. The predicted octanol–water partition coefficient (Wildman–Crippen LogP) is -2.65. The molecule has 1 aromatic rings. The van der Waals surface area contributed by atoms with E-state index in [9.17, 15) is 0 Å². The Kier molecular flexibility index (Phi) is 4.35. The van der Waals surface area contributed by atoms with Gasteiger partial charge in [-0.05, 0) is 5.56 Å². The first-order chi connectivity index (χ1) is 6.38. The third-order valence-corrected chi connectivity index (χ3v) is 2.22. The molecule has 3 N–H and O–H groups in total. The topological polar surface area (TPSA) is 46.1 Å². The summed E-state index contributed by atoms with van der Waals surface area (Å²) in [6.07, 6.45) is 0.0925. The van der Waals surface area contributed by atoms with Gasteiger partial charge in [-0.2, -0.15) is 0 Å². The zero-order valence-corrected chi connectivity index (χ0v) is 8.61. The number of quaternary nitrogens is 1. The standard InChI is InChI=1S/C10H13NO2.ClH/c11-9-6-12-7-13-10(9)8-4-2-1-3-5-8;/h1-5,9-10H,6-7,11H2;1H. The summed E-state index contributed by atoms with van der Waals surface area (Å²) in [7, 11) is 0. The van der Waals surface area contributed by atoms with Gasteiger partial charge in [0.05, 0.1) is 0 Å². The Morgan fingerprint density at radius 3 is 2.57 bits per heavy atom. The maximum absolute atomic E-state index is 5.49. The van der Waals surface area contributed by atoms with Crippen molar-refractivity contribution in [2.45, 2.75) is 12.1 Å². The lowest BCUT2D eigenvalue weighted by Crippen LogP contribution is -3.00. The summed E-state index contributed by atoms with van der Waals surface area (Å²) in [5, 5.41) is 0. The van der Waals surface area contributed by atoms with Crippen LogP contribution < -0.4 is 18.1 Å². The summed E-state index contributed by atoms with van der Waals surface area (Å²) in [6.45, 7) is 1.06. The lowest BCUT2D eigenvalue weighted by Gasteiger charge is -2.26. The Hall–Kier alpha value is -0.610. The molecule has 1 aromatic carbocycles. The summed E-state index contributed by atoms with van der Waals surface area (Å²) in [4.78, 5) is 0. The Bertz CT molecular complexity index is 268. The molecule has 0 bridgehead atoms. The van der Waals surface area contributed by atoms with E-state index in [1.54, 1.807) is 0 Å². The van der Waals surface area contributed by atoms with Crippen molar-refractivity contribution in [2.24, 2.45) is 0 Å². The van der Waals surface area contributed by atoms with E-state index in [4.69, 9.17) is 9.47 Å². The summed E-state index contributed by atoms with van der Waals surface area (Å²) in [5.74, 6) is 0. The summed E-state index contributed by atoms with van der Waals surface area (Å²) in [5.41, 5.74) is 5.19. The van der Waals surface area contributed by atoms with Crippen LogP contribution in [0.3, 0.4) is 0 Å². The van der Waals surface area contributed by atoms with Crippen molar-refractivity contribution in [3.63, 3.8) is 0 Å². The number of hydrogen-bond donors (Lipinski definition) is 1. The number of hydrogen-bond acceptors (Lipinski definition) is 2. The van der Waals surface area contributed by atoms with Crippen molar-refractivity contribution >= 4 is 0 Å². The summed E-state index contributed by atoms with van der Waals surface area (Å²) in [6, 6.07) is 10.3. The largest absolute Gasteiger partial charge is 1.00 e. The molecule has 4 heteroatoms. The van der Waals surface area contributed by atoms with Crippen molar-refractivity contribution < 1.29 is 27.6 Å². The van der Waals surface area contributed by atoms with Crippen LogP contribution in [0.5, 0.6) is 0 Å². The van der Waals surface area contributed by atoms with Gasteiger partial charge in [0, 0.05) is 0 Å². The number of ether oxygens (including phenoxy) is 2. The van der Waals surface area contributed by atoms with Crippen LogP contribution in [0.2, 0.25) is 0 Å². The Morgan fingerprint density at radius 1 is 1.21 bits per heavy atom. The molecule has 14 heavy (non-hydrogen) atoms. The molecule has 1 fully saturated rings. The highest BCUT2D eigenvalue weighted by atomic mass is 35.5. The molecule has 2 unspecified atom stereocenters. The fourth-order valence-electron chi connectivity index (χ4n) is 1.56. The molecular weight excluding hydrogens is 202 g/mol. The smallest absolute Gasteiger partial charge is 0.148 e. The molecule has 0 amide bonds. The molecule has 1 saturated heterocycles. The second-order valence-corrected chi connectivity index (χ2v) is 3.25. The maximum atomic E-state index is 5.49. The summed E-state index contributed by atoms with van der Waals surface area (Å²) >= 11 is 0. The van der Waals surface area contributed by atoms with E-state index < -0.39 is 0 Å². The van der Waals surface area contributed by atoms with Crippen molar-refractivity contribution in [1.29, 1.82) is 0 Å². The lowest BCUT2D eigenvalue weighted by molar-refractivity contribution is -0.466. The van der Waals surface area contributed by atoms with Gasteiger partial charge >= 0.3 is 0 Å². The Balaban J connectivity index is 0.000000980. The van der Waals surface area contributed by atoms with Gasteiger partial charge in [-0.1, -0.05) is 30.3 Å². The van der Waals surface area contributed by atoms with Gasteiger partial charge in [0.1, 0.15) is 25.5 Å². The minimum atomic E-state index is 0. The van der Waals surface area contributed by atoms with Crippen molar-refractivity contribution in [3.05, 3.63) is 35.9 Å². The third-order valence-electron chi connectivity index (χ3n) is 2.22. The highest BCUT2D eigenvalue weighted by Gasteiger charge is 2.27. The van der Waals surface area contributed by atoms with Gasteiger partial charge in [-0.15, -0.1) is 0 Å². The average Bonchev–Trinajstić information content (AvgIpc) is 2.20. The van der Waals surface area contributed by atoms with E-state index in [1.165, 1.54) is 5.56 Å². The fraction of sp³-hybridized carbons (Fsp3) is 0.400. The van der Waals surface area contributed by atoms with Crippen LogP contribution in [0.4, 0.5) is 0 Å². The molecule has 0 aliphatic carbocycles. The molecule has 0 saturated carbocycles. The molecule has 2 rings (SSSR count). The van der Waals surface area contributed by atoms with Crippen LogP contribution >= 0.6 is 0 Å². The van der Waals surface area contributed by atoms with Gasteiger partial charge in [-0.3, -0.25) is 0 Å². The van der Waals surface area contributed by atoms with Gasteiger partial charge < -0.3 is 27.6 Å². The SMILES string of the molecule is [Cl-].[NH3+]C1COCOC1c1ccccc1. The minimum Gasteiger partial charge on any atom is -1.00 e. The minimum absolute atomic E-state index is 0. The molecule has 1 heterocycles. The van der Waals surface area contributed by atoms with Crippen molar-refractivity contribution in [3.8, 4) is 0 Å². The van der Waals surface area contributed by atoms with Crippen LogP contribution in [0, 0.1) is 0 Å². The first kappa shape index (κ1) is 11.5. The molecule has 0 radical (unpaired) electrons.